The van der Waals surface area contributed by atoms with Crippen molar-refractivity contribution in [3.8, 4) is 0 Å². The van der Waals surface area contributed by atoms with Gasteiger partial charge in [0.15, 0.2) is 0 Å². The zero-order valence-corrected chi connectivity index (χ0v) is 20.0. The van der Waals surface area contributed by atoms with Crippen LogP contribution in [0.25, 0.3) is 0 Å². The van der Waals surface area contributed by atoms with Crippen LogP contribution in [-0.4, -0.2) is 42.7 Å². The molecule has 0 aromatic carbocycles. The number of hydrogen-bond donors (Lipinski definition) is 1. The van der Waals surface area contributed by atoms with Gasteiger partial charge < -0.3 is 10.2 Å². The minimum Gasteiger partial charge on any atom is -0.356 e. The molecule has 0 saturated carbocycles. The van der Waals surface area contributed by atoms with Crippen molar-refractivity contribution in [1.29, 1.82) is 0 Å². The van der Waals surface area contributed by atoms with Crippen molar-refractivity contribution in [2.24, 2.45) is 17.8 Å². The smallest absolute Gasteiger partial charge is 0.128 e. The topological polar surface area (TPSA) is 31.4 Å². The number of aromatic nitrogens is 1. The van der Waals surface area contributed by atoms with Gasteiger partial charge in [0.1, 0.15) is 5.82 Å². The highest BCUT2D eigenvalue weighted by Crippen LogP contribution is 2.31. The summed E-state index contributed by atoms with van der Waals surface area (Å²) in [5, 5.41) is 3.58. The summed E-state index contributed by atoms with van der Waals surface area (Å²) in [6, 6.07) is 4.59. The minimum atomic E-state index is 0.720. The Kier molecular flexibility index (Phi) is 10.4. The Balaban J connectivity index is 2.01. The second kappa shape index (κ2) is 12.5. The average Bonchev–Trinajstić information content (AvgIpc) is 3.08. The summed E-state index contributed by atoms with van der Waals surface area (Å²) in [5.41, 5.74) is 2.56. The summed E-state index contributed by atoms with van der Waals surface area (Å²) in [6.45, 7) is 20.3. The molecule has 1 saturated heterocycles. The van der Waals surface area contributed by atoms with Gasteiger partial charge in [0.2, 0.25) is 0 Å². The monoisotopic (exact) mass is 402 g/mol. The van der Waals surface area contributed by atoms with E-state index >= 15 is 0 Å². The summed E-state index contributed by atoms with van der Waals surface area (Å²) < 4.78 is 0. The number of nitrogens with zero attached hydrogens (tertiary/aromatic N) is 3. The van der Waals surface area contributed by atoms with Gasteiger partial charge in [-0.15, -0.1) is 0 Å². The largest absolute Gasteiger partial charge is 0.356 e. The number of pyridine rings is 1. The molecule has 1 aromatic rings. The Morgan fingerprint density at radius 2 is 2.00 bits per heavy atom. The van der Waals surface area contributed by atoms with Crippen LogP contribution in [-0.2, 0) is 6.54 Å². The summed E-state index contributed by atoms with van der Waals surface area (Å²) in [4.78, 5) is 10.1. The molecule has 3 unspecified atom stereocenters. The van der Waals surface area contributed by atoms with Crippen LogP contribution < -0.4 is 10.2 Å². The Labute approximate surface area is 180 Å². The summed E-state index contributed by atoms with van der Waals surface area (Å²) >= 11 is 0. The first-order chi connectivity index (χ1) is 14.0. The number of unbranched alkanes of at least 4 members (excludes halogenated alkanes) is 1. The van der Waals surface area contributed by atoms with Gasteiger partial charge in [-0.3, -0.25) is 4.90 Å². The van der Waals surface area contributed by atoms with E-state index < -0.39 is 0 Å². The molecule has 0 amide bonds. The zero-order chi connectivity index (χ0) is 21.2. The van der Waals surface area contributed by atoms with Gasteiger partial charge >= 0.3 is 0 Å². The molecule has 0 radical (unpaired) electrons. The van der Waals surface area contributed by atoms with Gasteiger partial charge in [-0.2, -0.15) is 0 Å². The van der Waals surface area contributed by atoms with Crippen molar-refractivity contribution in [1.82, 2.24) is 15.2 Å². The molecule has 4 nitrogen and oxygen atoms in total. The van der Waals surface area contributed by atoms with Crippen LogP contribution >= 0.6 is 0 Å². The molecule has 0 bridgehead atoms. The van der Waals surface area contributed by atoms with Crippen LogP contribution in [0.4, 0.5) is 5.82 Å². The maximum Gasteiger partial charge on any atom is 0.128 e. The van der Waals surface area contributed by atoms with Crippen LogP contribution in [0.1, 0.15) is 78.0 Å². The quantitative estimate of drug-likeness (QED) is 0.351. The van der Waals surface area contributed by atoms with E-state index in [1.807, 2.05) is 0 Å². The van der Waals surface area contributed by atoms with E-state index in [1.54, 1.807) is 0 Å². The third-order valence-corrected chi connectivity index (χ3v) is 6.62. The lowest BCUT2D eigenvalue weighted by Crippen LogP contribution is -2.37. The van der Waals surface area contributed by atoms with Crippen molar-refractivity contribution in [3.05, 3.63) is 23.4 Å². The SMILES string of the molecule is CCCCC1CN(c2ccc(CN(CNCCC)CC(C)CC)c(C)n2)CC1C. The van der Waals surface area contributed by atoms with Crippen molar-refractivity contribution >= 4 is 5.82 Å². The summed E-state index contributed by atoms with van der Waals surface area (Å²) in [5.74, 6) is 3.50. The second-order valence-corrected chi connectivity index (χ2v) is 9.38. The molecule has 0 spiro atoms. The van der Waals surface area contributed by atoms with Crippen molar-refractivity contribution in [3.63, 3.8) is 0 Å². The van der Waals surface area contributed by atoms with Gasteiger partial charge in [-0.05, 0) is 55.7 Å². The van der Waals surface area contributed by atoms with Crippen molar-refractivity contribution in [2.45, 2.75) is 80.2 Å². The highest BCUT2D eigenvalue weighted by molar-refractivity contribution is 5.43. The zero-order valence-electron chi connectivity index (χ0n) is 20.0. The molecule has 1 aliphatic heterocycles. The lowest BCUT2D eigenvalue weighted by molar-refractivity contribution is 0.210. The molecule has 29 heavy (non-hydrogen) atoms. The molecular formula is C25H46N4. The fraction of sp³-hybridized carbons (Fsp3) is 0.800. The van der Waals surface area contributed by atoms with E-state index in [-0.39, 0.29) is 0 Å². The van der Waals surface area contributed by atoms with E-state index in [1.165, 1.54) is 55.7 Å². The predicted octanol–water partition coefficient (Wildman–Crippen LogP) is 5.46. The number of aryl methyl sites for hydroxylation is 1. The molecule has 1 fully saturated rings. The fourth-order valence-electron chi connectivity index (χ4n) is 4.39. The maximum absolute atomic E-state index is 5.03. The first-order valence-corrected chi connectivity index (χ1v) is 12.1. The van der Waals surface area contributed by atoms with Crippen LogP contribution in [0.3, 0.4) is 0 Å². The number of rotatable bonds is 13. The molecule has 2 heterocycles. The molecule has 3 atom stereocenters. The van der Waals surface area contributed by atoms with Crippen molar-refractivity contribution in [2.75, 3.05) is 37.7 Å². The van der Waals surface area contributed by atoms with E-state index in [0.717, 1.165) is 50.6 Å². The maximum atomic E-state index is 5.03. The molecule has 1 aliphatic rings. The predicted molar refractivity (Wildman–Crippen MR) is 126 cm³/mol. The van der Waals surface area contributed by atoms with E-state index in [4.69, 9.17) is 4.98 Å². The van der Waals surface area contributed by atoms with Gasteiger partial charge in [-0.25, -0.2) is 4.98 Å². The number of nitrogens with one attached hydrogen (secondary N) is 1. The molecule has 2 rings (SSSR count). The Morgan fingerprint density at radius 3 is 2.66 bits per heavy atom. The van der Waals surface area contributed by atoms with E-state index in [9.17, 15) is 0 Å². The Hall–Kier alpha value is -1.13. The van der Waals surface area contributed by atoms with E-state index in [2.05, 4.69) is 68.8 Å². The lowest BCUT2D eigenvalue weighted by Gasteiger charge is -2.27. The van der Waals surface area contributed by atoms with Gasteiger partial charge in [-0.1, -0.05) is 59.9 Å². The van der Waals surface area contributed by atoms with Crippen LogP contribution in [0.2, 0.25) is 0 Å². The number of anilines is 1. The molecule has 1 aromatic heterocycles. The molecule has 4 heteroatoms. The first kappa shape index (κ1) is 24.1. The van der Waals surface area contributed by atoms with Gasteiger partial charge in [0, 0.05) is 38.5 Å². The summed E-state index contributed by atoms with van der Waals surface area (Å²) in [7, 11) is 0. The highest BCUT2D eigenvalue weighted by atomic mass is 15.2. The standard InChI is InChI=1S/C25H46N4/c1-7-10-11-23-18-29(16-21(23)5)25-13-12-24(22(6)27-25)17-28(15-20(4)9-3)19-26-14-8-2/h12-13,20-21,23,26H,7-11,14-19H2,1-6H3. The third-order valence-electron chi connectivity index (χ3n) is 6.62. The average molecular weight is 403 g/mol. The molecular weight excluding hydrogens is 356 g/mol. The normalized spacial score (nSPS) is 20.6. The molecule has 1 N–H and O–H groups in total. The Bertz CT molecular complexity index is 588. The minimum absolute atomic E-state index is 0.720. The summed E-state index contributed by atoms with van der Waals surface area (Å²) in [6.07, 6.45) is 6.43. The molecule has 0 aliphatic carbocycles. The first-order valence-electron chi connectivity index (χ1n) is 12.1. The second-order valence-electron chi connectivity index (χ2n) is 9.38. The highest BCUT2D eigenvalue weighted by Gasteiger charge is 2.29. The molecule has 166 valence electrons. The van der Waals surface area contributed by atoms with Gasteiger partial charge in [0.25, 0.3) is 0 Å². The van der Waals surface area contributed by atoms with Crippen LogP contribution in [0.15, 0.2) is 12.1 Å². The van der Waals surface area contributed by atoms with Gasteiger partial charge in [0.05, 0.1) is 0 Å². The Morgan fingerprint density at radius 1 is 1.21 bits per heavy atom. The lowest BCUT2D eigenvalue weighted by atomic mass is 9.93. The van der Waals surface area contributed by atoms with Crippen LogP contribution in [0, 0.1) is 24.7 Å². The number of hydrogen-bond acceptors (Lipinski definition) is 4. The van der Waals surface area contributed by atoms with Crippen LogP contribution in [0.5, 0.6) is 0 Å². The fourth-order valence-corrected chi connectivity index (χ4v) is 4.39. The van der Waals surface area contributed by atoms with E-state index in [0.29, 0.717) is 0 Å². The van der Waals surface area contributed by atoms with Crippen molar-refractivity contribution < 1.29 is 0 Å². The third kappa shape index (κ3) is 7.57.